The van der Waals surface area contributed by atoms with E-state index >= 15 is 0 Å². The zero-order valence-corrected chi connectivity index (χ0v) is 31.8. The second-order valence-corrected chi connectivity index (χ2v) is 13.0. The maximum Gasteiger partial charge on any atom is 0.305 e. The van der Waals surface area contributed by atoms with E-state index in [-0.39, 0.29) is 18.9 Å². The molecule has 1 N–H and O–H groups in total. The monoisotopic (exact) mass is 676 g/mol. The van der Waals surface area contributed by atoms with Crippen LogP contribution in [0, 0.1) is 11.8 Å². The van der Waals surface area contributed by atoms with Crippen molar-refractivity contribution in [1.29, 1.82) is 0 Å². The molecular formula is C42H77NO5. The van der Waals surface area contributed by atoms with E-state index in [1.165, 1.54) is 51.4 Å². The molecule has 0 aromatic rings. The normalized spacial score (nSPS) is 11.7. The van der Waals surface area contributed by atoms with Crippen LogP contribution in [-0.4, -0.2) is 68.3 Å². The smallest absolute Gasteiger partial charge is 0.305 e. The molecule has 6 nitrogen and oxygen atoms in total. The van der Waals surface area contributed by atoms with Gasteiger partial charge in [0.25, 0.3) is 0 Å². The average molecular weight is 676 g/mol. The van der Waals surface area contributed by atoms with Crippen LogP contribution in [0.2, 0.25) is 0 Å². The highest BCUT2D eigenvalue weighted by Crippen LogP contribution is 2.14. The molecule has 0 bridgehead atoms. The number of rotatable bonds is 36. The van der Waals surface area contributed by atoms with Crippen molar-refractivity contribution in [3.8, 4) is 11.8 Å². The molecule has 0 spiro atoms. The Morgan fingerprint density at radius 3 is 1.81 bits per heavy atom. The van der Waals surface area contributed by atoms with Crippen LogP contribution in [0.1, 0.15) is 175 Å². The topological polar surface area (TPSA) is 68.2 Å². The lowest BCUT2D eigenvalue weighted by atomic mass is 10.1. The van der Waals surface area contributed by atoms with Crippen molar-refractivity contribution in [2.24, 2.45) is 0 Å². The molecule has 0 aromatic carbocycles. The Hall–Kier alpha value is -1.65. The summed E-state index contributed by atoms with van der Waals surface area (Å²) < 4.78 is 17.7. The van der Waals surface area contributed by atoms with Gasteiger partial charge in [-0.15, -0.1) is 5.92 Å². The molecule has 0 heterocycles. The number of hydrogen-bond acceptors (Lipinski definition) is 6. The number of unbranched alkanes of at least 4 members (excludes halogenated alkanes) is 14. The summed E-state index contributed by atoms with van der Waals surface area (Å²) in [4.78, 5) is 14.3. The summed E-state index contributed by atoms with van der Waals surface area (Å²) in [5.41, 5.74) is 0. The van der Waals surface area contributed by atoms with Gasteiger partial charge in [0.05, 0.1) is 6.61 Å². The fraction of sp³-hybridized carbons (Fsp3) is 0.833. The minimum atomic E-state index is -0.0997. The van der Waals surface area contributed by atoms with Gasteiger partial charge in [-0.1, -0.05) is 95.9 Å². The summed E-state index contributed by atoms with van der Waals surface area (Å²) in [5, 5.41) is 9.54. The van der Waals surface area contributed by atoms with Gasteiger partial charge in [0.2, 0.25) is 0 Å². The standard InChI is InChI=1S/C42H77NO5/c1-4-7-10-13-16-24-29-38-46-41(45)32-25-19-21-28-35-43(36-37-44)34-27-20-17-18-26-33-42(47-39-30-22-14-11-8-5-2)48-40-31-23-15-12-9-6-3/h8-9,11-12,42,44H,4-7,10,13-15,17-23,25-40H2,1-3H3/b11-8-,12-9-. The lowest BCUT2D eigenvalue weighted by Crippen LogP contribution is -2.29. The molecule has 0 saturated heterocycles. The van der Waals surface area contributed by atoms with Gasteiger partial charge in [-0.25, -0.2) is 0 Å². The largest absolute Gasteiger partial charge is 0.465 e. The predicted molar refractivity (Wildman–Crippen MR) is 204 cm³/mol. The number of nitrogens with zero attached hydrogens (tertiary/aromatic N) is 1. The number of hydrogen-bond donors (Lipinski definition) is 1. The summed E-state index contributed by atoms with van der Waals surface area (Å²) in [6.45, 7) is 11.5. The third kappa shape index (κ3) is 35.7. The summed E-state index contributed by atoms with van der Waals surface area (Å²) in [7, 11) is 0. The maximum absolute atomic E-state index is 11.9. The SMILES string of the molecule is CC/C=C\CCCCOC(CCCCCCCN(CCO)CCCCCCC(=O)OCCC#CCCCCC)OCCCC/C=C\CC. The Labute approximate surface area is 297 Å². The fourth-order valence-corrected chi connectivity index (χ4v) is 5.48. The first kappa shape index (κ1) is 46.4. The molecule has 0 saturated carbocycles. The first-order chi connectivity index (χ1) is 23.7. The zero-order valence-electron chi connectivity index (χ0n) is 31.8. The van der Waals surface area contributed by atoms with Crippen molar-refractivity contribution in [3.05, 3.63) is 24.3 Å². The number of carbonyl (C=O) groups excluding carboxylic acids is 1. The van der Waals surface area contributed by atoms with Crippen molar-refractivity contribution in [3.63, 3.8) is 0 Å². The van der Waals surface area contributed by atoms with Crippen LogP contribution < -0.4 is 0 Å². The van der Waals surface area contributed by atoms with Gasteiger partial charge < -0.3 is 24.2 Å². The van der Waals surface area contributed by atoms with Crippen LogP contribution >= 0.6 is 0 Å². The van der Waals surface area contributed by atoms with Crippen molar-refractivity contribution < 1.29 is 24.1 Å². The maximum atomic E-state index is 11.9. The van der Waals surface area contributed by atoms with E-state index in [0.717, 1.165) is 123 Å². The molecule has 0 radical (unpaired) electrons. The Morgan fingerprint density at radius 1 is 0.625 bits per heavy atom. The highest BCUT2D eigenvalue weighted by molar-refractivity contribution is 5.69. The van der Waals surface area contributed by atoms with E-state index < -0.39 is 0 Å². The summed E-state index contributed by atoms with van der Waals surface area (Å²) in [5.74, 6) is 6.16. The molecule has 0 aromatic heterocycles. The van der Waals surface area contributed by atoms with Crippen molar-refractivity contribution in [2.75, 3.05) is 46.1 Å². The fourth-order valence-electron chi connectivity index (χ4n) is 5.48. The summed E-state index contributed by atoms with van der Waals surface area (Å²) in [6, 6.07) is 0. The van der Waals surface area contributed by atoms with Crippen molar-refractivity contribution >= 4 is 5.97 Å². The molecule has 0 aliphatic rings. The van der Waals surface area contributed by atoms with E-state index in [1.807, 2.05) is 0 Å². The van der Waals surface area contributed by atoms with Crippen LogP contribution in [0.4, 0.5) is 0 Å². The van der Waals surface area contributed by atoms with Crippen LogP contribution in [0.3, 0.4) is 0 Å². The highest BCUT2D eigenvalue weighted by atomic mass is 16.7. The summed E-state index contributed by atoms with van der Waals surface area (Å²) >= 11 is 0. The van der Waals surface area contributed by atoms with Crippen LogP contribution in [0.25, 0.3) is 0 Å². The molecule has 48 heavy (non-hydrogen) atoms. The van der Waals surface area contributed by atoms with Gasteiger partial charge in [-0.3, -0.25) is 4.79 Å². The lowest BCUT2D eigenvalue weighted by molar-refractivity contribution is -0.148. The Kier molecular flexibility index (Phi) is 38.4. The van der Waals surface area contributed by atoms with Gasteiger partial charge in [-0.2, -0.15) is 0 Å². The molecular weight excluding hydrogens is 598 g/mol. The molecule has 0 fully saturated rings. The van der Waals surface area contributed by atoms with Crippen LogP contribution in [0.15, 0.2) is 24.3 Å². The third-order valence-electron chi connectivity index (χ3n) is 8.40. The Morgan fingerprint density at radius 2 is 1.21 bits per heavy atom. The van der Waals surface area contributed by atoms with Crippen LogP contribution in [0.5, 0.6) is 0 Å². The molecule has 0 amide bonds. The van der Waals surface area contributed by atoms with Gasteiger partial charge >= 0.3 is 5.97 Å². The van der Waals surface area contributed by atoms with E-state index in [1.54, 1.807) is 0 Å². The average Bonchev–Trinajstić information content (AvgIpc) is 3.09. The lowest BCUT2D eigenvalue weighted by Gasteiger charge is -2.21. The molecule has 0 atom stereocenters. The van der Waals surface area contributed by atoms with Crippen molar-refractivity contribution in [1.82, 2.24) is 4.90 Å². The van der Waals surface area contributed by atoms with E-state index in [9.17, 15) is 9.90 Å². The van der Waals surface area contributed by atoms with Gasteiger partial charge in [0.1, 0.15) is 6.61 Å². The van der Waals surface area contributed by atoms with Gasteiger partial charge in [0, 0.05) is 39.0 Å². The second kappa shape index (κ2) is 39.8. The van der Waals surface area contributed by atoms with Crippen LogP contribution in [-0.2, 0) is 19.0 Å². The first-order valence-electron chi connectivity index (χ1n) is 20.2. The zero-order chi connectivity index (χ0) is 35.0. The highest BCUT2D eigenvalue weighted by Gasteiger charge is 2.10. The minimum absolute atomic E-state index is 0.0715. The minimum Gasteiger partial charge on any atom is -0.465 e. The summed E-state index contributed by atoms with van der Waals surface area (Å²) in [6.07, 6.45) is 34.8. The number of allylic oxidation sites excluding steroid dienone is 4. The van der Waals surface area contributed by atoms with E-state index in [4.69, 9.17) is 14.2 Å². The Bertz CT molecular complexity index is 763. The van der Waals surface area contributed by atoms with Gasteiger partial charge in [-0.05, 0) is 103 Å². The number of ether oxygens (including phenoxy) is 3. The quantitative estimate of drug-likeness (QED) is 0.0234. The Balaban J connectivity index is 4.03. The number of aliphatic hydroxyl groups excluding tert-OH is 1. The molecule has 280 valence electrons. The number of aliphatic hydroxyl groups is 1. The molecule has 0 aliphatic carbocycles. The van der Waals surface area contributed by atoms with E-state index in [0.29, 0.717) is 19.4 Å². The number of esters is 1. The molecule has 0 aliphatic heterocycles. The third-order valence-corrected chi connectivity index (χ3v) is 8.40. The molecule has 0 rings (SSSR count). The van der Waals surface area contributed by atoms with E-state index in [2.05, 4.69) is 61.8 Å². The number of carbonyl (C=O) groups is 1. The molecule has 6 heteroatoms. The molecule has 0 unspecified atom stereocenters. The van der Waals surface area contributed by atoms with Crippen molar-refractivity contribution in [2.45, 2.75) is 181 Å². The predicted octanol–water partition coefficient (Wildman–Crippen LogP) is 10.7. The first-order valence-corrected chi connectivity index (χ1v) is 20.2. The second-order valence-electron chi connectivity index (χ2n) is 13.0. The van der Waals surface area contributed by atoms with Gasteiger partial charge in [0.15, 0.2) is 6.29 Å².